The van der Waals surface area contributed by atoms with Gasteiger partial charge in [0.1, 0.15) is 0 Å². The molecule has 0 amide bonds. The molecular weight excluding hydrogens is 352 g/mol. The largest absolute Gasteiger partial charge is 0.390 e. The molecule has 0 aliphatic carbocycles. The molecule has 0 saturated heterocycles. The molecule has 0 bridgehead atoms. The predicted molar refractivity (Wildman–Crippen MR) is 105 cm³/mol. The molecule has 1 atom stereocenters. The number of aromatic nitrogens is 4. The first-order chi connectivity index (χ1) is 13.6. The highest BCUT2D eigenvalue weighted by Gasteiger charge is 2.14. The maximum atomic E-state index is 9.64. The number of fused-ring (bicyclic) bond motifs is 1. The summed E-state index contributed by atoms with van der Waals surface area (Å²) in [6.45, 7) is 1.72. The van der Waals surface area contributed by atoms with E-state index in [1.165, 1.54) is 0 Å². The Bertz CT molecular complexity index is 1210. The van der Waals surface area contributed by atoms with Crippen molar-refractivity contribution >= 4 is 10.9 Å². The number of aliphatic hydroxyl groups excluding tert-OH is 1. The number of pyridine rings is 2. The number of hydrogen-bond donors (Lipinski definition) is 2. The summed E-state index contributed by atoms with van der Waals surface area (Å²) in [6, 6.07) is 16.8. The van der Waals surface area contributed by atoms with Gasteiger partial charge in [-0.2, -0.15) is 10.4 Å². The first kappa shape index (κ1) is 17.8. The van der Waals surface area contributed by atoms with Gasteiger partial charge in [-0.25, -0.2) is 9.67 Å². The lowest BCUT2D eigenvalue weighted by Gasteiger charge is -2.09. The molecule has 0 unspecified atom stereocenters. The van der Waals surface area contributed by atoms with Crippen LogP contribution in [0.5, 0.6) is 0 Å². The van der Waals surface area contributed by atoms with Gasteiger partial charge in [0.2, 0.25) is 0 Å². The molecule has 3 heterocycles. The zero-order chi connectivity index (χ0) is 19.7. The van der Waals surface area contributed by atoms with E-state index in [9.17, 15) is 10.4 Å². The lowest BCUT2D eigenvalue weighted by atomic mass is 10.0. The quantitative estimate of drug-likeness (QED) is 0.571. The predicted octanol–water partition coefficient (Wildman–Crippen LogP) is 2.87. The minimum Gasteiger partial charge on any atom is -0.390 e. The zero-order valence-electron chi connectivity index (χ0n) is 15.2. The molecule has 0 fully saturated rings. The summed E-state index contributed by atoms with van der Waals surface area (Å²) in [6.07, 6.45) is 1.65. The first-order valence-electron chi connectivity index (χ1n) is 8.82. The third-order valence-electron chi connectivity index (χ3n) is 4.51. The number of hydrogen-bond acceptors (Lipinski definition) is 6. The van der Waals surface area contributed by atoms with Crippen LogP contribution >= 0.6 is 0 Å². The third-order valence-corrected chi connectivity index (χ3v) is 4.51. The number of nitrogens with two attached hydrogens (primary N) is 1. The molecule has 4 aromatic rings. The molecule has 4 rings (SSSR count). The fourth-order valence-corrected chi connectivity index (χ4v) is 3.09. The van der Waals surface area contributed by atoms with Gasteiger partial charge in [-0.15, -0.1) is 0 Å². The Kier molecular flexibility index (Phi) is 4.57. The van der Waals surface area contributed by atoms with Crippen LogP contribution in [0.1, 0.15) is 29.9 Å². The highest BCUT2D eigenvalue weighted by Crippen LogP contribution is 2.28. The topological polar surface area (TPSA) is 114 Å². The number of rotatable bonds is 4. The van der Waals surface area contributed by atoms with E-state index in [0.29, 0.717) is 17.1 Å². The van der Waals surface area contributed by atoms with E-state index in [0.717, 1.165) is 27.9 Å². The molecule has 28 heavy (non-hydrogen) atoms. The molecule has 7 nitrogen and oxygen atoms in total. The molecule has 138 valence electrons. The molecule has 0 saturated carbocycles. The van der Waals surface area contributed by atoms with Gasteiger partial charge >= 0.3 is 0 Å². The number of benzene rings is 1. The van der Waals surface area contributed by atoms with Crippen LogP contribution in [0.15, 0.2) is 54.7 Å². The fraction of sp³-hybridized carbons (Fsp3) is 0.143. The van der Waals surface area contributed by atoms with Crippen molar-refractivity contribution in [1.82, 2.24) is 19.7 Å². The van der Waals surface area contributed by atoms with Crippen molar-refractivity contribution in [2.45, 2.75) is 19.6 Å². The average Bonchev–Trinajstić information content (AvgIpc) is 3.17. The lowest BCUT2D eigenvalue weighted by Crippen LogP contribution is -2.07. The van der Waals surface area contributed by atoms with E-state index in [4.69, 9.17) is 5.73 Å². The monoisotopic (exact) mass is 370 g/mol. The maximum Gasteiger partial charge on any atom is 0.154 e. The van der Waals surface area contributed by atoms with Crippen LogP contribution in [0.3, 0.4) is 0 Å². The second-order valence-corrected chi connectivity index (χ2v) is 6.51. The van der Waals surface area contributed by atoms with Gasteiger partial charge < -0.3 is 10.8 Å². The molecular formula is C21H18N6O. The standard InChI is InChI=1S/C21H18N6O/c1-13(23)18-5-3-6-19(26-18)14-8-15(10-22)17-11-24-27(20(17)9-14)21-7-2-4-16(12-28)25-21/h2-9,11,13,28H,12,23H2,1H3/t13-/m0/s1. The second kappa shape index (κ2) is 7.19. The van der Waals surface area contributed by atoms with Crippen LogP contribution in [0.2, 0.25) is 0 Å². The van der Waals surface area contributed by atoms with Crippen molar-refractivity contribution in [1.29, 1.82) is 5.26 Å². The van der Waals surface area contributed by atoms with Crippen molar-refractivity contribution in [3.05, 3.63) is 71.7 Å². The molecule has 0 aliphatic rings. The van der Waals surface area contributed by atoms with Gasteiger partial charge in [-0.1, -0.05) is 12.1 Å². The van der Waals surface area contributed by atoms with Crippen LogP contribution < -0.4 is 5.73 Å². The highest BCUT2D eigenvalue weighted by atomic mass is 16.3. The number of nitrogens with zero attached hydrogens (tertiary/aromatic N) is 5. The average molecular weight is 370 g/mol. The first-order valence-corrected chi connectivity index (χ1v) is 8.82. The summed E-state index contributed by atoms with van der Waals surface area (Å²) < 4.78 is 1.66. The van der Waals surface area contributed by atoms with Crippen molar-refractivity contribution in [3.8, 4) is 23.1 Å². The third kappa shape index (κ3) is 3.11. The van der Waals surface area contributed by atoms with Gasteiger partial charge in [0, 0.05) is 17.0 Å². The van der Waals surface area contributed by atoms with Gasteiger partial charge in [-0.05, 0) is 43.3 Å². The summed E-state index contributed by atoms with van der Waals surface area (Å²) in [5, 5.41) is 24.1. The summed E-state index contributed by atoms with van der Waals surface area (Å²) >= 11 is 0. The molecule has 7 heteroatoms. The Morgan fingerprint density at radius 3 is 2.75 bits per heavy atom. The Morgan fingerprint density at radius 2 is 2.00 bits per heavy atom. The second-order valence-electron chi connectivity index (χ2n) is 6.51. The van der Waals surface area contributed by atoms with Crippen LogP contribution in [0, 0.1) is 11.3 Å². The molecule has 0 aliphatic heterocycles. The van der Waals surface area contributed by atoms with Crippen LogP contribution in [-0.2, 0) is 6.61 Å². The van der Waals surface area contributed by atoms with E-state index >= 15 is 0 Å². The SMILES string of the molecule is C[C@H](N)c1cccc(-c2cc(C#N)c3cnn(-c4cccc(CO)n4)c3c2)n1. The van der Waals surface area contributed by atoms with E-state index in [1.807, 2.05) is 37.3 Å². The Labute approximate surface area is 161 Å². The van der Waals surface area contributed by atoms with E-state index in [2.05, 4.69) is 21.1 Å². The van der Waals surface area contributed by atoms with Crippen LogP contribution in [-0.4, -0.2) is 24.9 Å². The summed E-state index contributed by atoms with van der Waals surface area (Å²) in [5.41, 5.74) is 10.1. The number of nitriles is 1. The Hall–Kier alpha value is -3.60. The lowest BCUT2D eigenvalue weighted by molar-refractivity contribution is 0.276. The van der Waals surface area contributed by atoms with Crippen LogP contribution in [0.4, 0.5) is 0 Å². The highest BCUT2D eigenvalue weighted by molar-refractivity contribution is 5.90. The fourth-order valence-electron chi connectivity index (χ4n) is 3.09. The van der Waals surface area contributed by atoms with E-state index in [1.54, 1.807) is 29.1 Å². The Morgan fingerprint density at radius 1 is 1.18 bits per heavy atom. The number of aliphatic hydroxyl groups is 1. The molecule has 3 N–H and O–H groups in total. The Balaban J connectivity index is 1.93. The molecule has 0 spiro atoms. The normalized spacial score (nSPS) is 12.1. The maximum absolute atomic E-state index is 9.64. The molecule has 1 aromatic carbocycles. The summed E-state index contributed by atoms with van der Waals surface area (Å²) in [7, 11) is 0. The van der Waals surface area contributed by atoms with Crippen molar-refractivity contribution in [2.75, 3.05) is 0 Å². The van der Waals surface area contributed by atoms with Crippen LogP contribution in [0.25, 0.3) is 28.0 Å². The zero-order valence-corrected chi connectivity index (χ0v) is 15.2. The molecule has 3 aromatic heterocycles. The summed E-state index contributed by atoms with van der Waals surface area (Å²) in [4.78, 5) is 9.04. The van der Waals surface area contributed by atoms with Gasteiger partial charge in [0.05, 0.1) is 47.0 Å². The summed E-state index contributed by atoms with van der Waals surface area (Å²) in [5.74, 6) is 0.569. The molecule has 0 radical (unpaired) electrons. The van der Waals surface area contributed by atoms with E-state index < -0.39 is 0 Å². The smallest absolute Gasteiger partial charge is 0.154 e. The van der Waals surface area contributed by atoms with Crippen molar-refractivity contribution in [2.24, 2.45) is 5.73 Å². The van der Waals surface area contributed by atoms with Crippen molar-refractivity contribution in [3.63, 3.8) is 0 Å². The van der Waals surface area contributed by atoms with E-state index in [-0.39, 0.29) is 12.6 Å². The minimum atomic E-state index is -0.185. The minimum absolute atomic E-state index is 0.157. The van der Waals surface area contributed by atoms with Gasteiger partial charge in [0.25, 0.3) is 0 Å². The van der Waals surface area contributed by atoms with Gasteiger partial charge in [-0.3, -0.25) is 4.98 Å². The van der Waals surface area contributed by atoms with Gasteiger partial charge in [0.15, 0.2) is 5.82 Å². The van der Waals surface area contributed by atoms with Crippen molar-refractivity contribution < 1.29 is 5.11 Å².